The van der Waals surface area contributed by atoms with Gasteiger partial charge in [0.25, 0.3) is 5.91 Å². The van der Waals surface area contributed by atoms with E-state index in [2.05, 4.69) is 16.0 Å². The number of nitrogens with one attached hydrogen (secondary N) is 3. The molecule has 0 radical (unpaired) electrons. The van der Waals surface area contributed by atoms with Crippen molar-refractivity contribution in [1.82, 2.24) is 0 Å². The summed E-state index contributed by atoms with van der Waals surface area (Å²) in [6, 6.07) is 9.30. The largest absolute Gasteiger partial charge is 0.444 e. The van der Waals surface area contributed by atoms with Gasteiger partial charge in [-0.3, -0.25) is 14.9 Å². The van der Waals surface area contributed by atoms with E-state index < -0.39 is 74.2 Å². The Balaban J connectivity index is 1.52. The molecule has 1 saturated carbocycles. The Labute approximate surface area is 271 Å². The van der Waals surface area contributed by atoms with Gasteiger partial charge < -0.3 is 15.4 Å². The molecule has 1 fully saturated rings. The summed E-state index contributed by atoms with van der Waals surface area (Å²) in [6.45, 7) is 7.17. The Morgan fingerprint density at radius 1 is 0.867 bits per heavy atom. The second-order valence-electron chi connectivity index (χ2n) is 11.9. The minimum atomic E-state index is -2.00. The lowest BCUT2D eigenvalue weighted by Gasteiger charge is -2.20. The zero-order valence-corrected chi connectivity index (χ0v) is 26.8. The molecule has 3 amide bonds. The minimum Gasteiger partial charge on any atom is -0.444 e. The number of carbonyl (C=O) groups excluding carboxylic acids is 3. The average Bonchev–Trinajstić information content (AvgIpc) is 3.49. The highest BCUT2D eigenvalue weighted by molar-refractivity contribution is 6.53. The average molecular weight is 689 g/mol. The maximum absolute atomic E-state index is 15.1. The van der Waals surface area contributed by atoms with Crippen LogP contribution >= 0.6 is 34.8 Å². The molecular formula is C31H28Cl3F4N3O4. The Hall–Kier alpha value is -3.54. The molecule has 3 N–H and O–H groups in total. The molecule has 0 bridgehead atoms. The molecule has 3 aromatic carbocycles. The van der Waals surface area contributed by atoms with Gasteiger partial charge in [0, 0.05) is 17.2 Å². The van der Waals surface area contributed by atoms with Gasteiger partial charge in [0.2, 0.25) is 5.91 Å². The summed E-state index contributed by atoms with van der Waals surface area (Å²) in [7, 11) is 0. The molecule has 4 rings (SSSR count). The predicted octanol–water partition coefficient (Wildman–Crippen LogP) is 9.09. The van der Waals surface area contributed by atoms with Gasteiger partial charge in [-0.25, -0.2) is 22.4 Å². The number of benzene rings is 3. The summed E-state index contributed by atoms with van der Waals surface area (Å²) in [6.07, 6.45) is -1.00. The van der Waals surface area contributed by atoms with Crippen LogP contribution in [0.15, 0.2) is 48.5 Å². The third-order valence-electron chi connectivity index (χ3n) is 6.77. The number of amides is 3. The van der Waals surface area contributed by atoms with Crippen LogP contribution in [0, 0.1) is 23.4 Å². The maximum Gasteiger partial charge on any atom is 0.412 e. The summed E-state index contributed by atoms with van der Waals surface area (Å²) >= 11 is 19.0. The van der Waals surface area contributed by atoms with Crippen molar-refractivity contribution >= 4 is 69.8 Å². The summed E-state index contributed by atoms with van der Waals surface area (Å²) in [5.41, 5.74) is -4.28. The van der Waals surface area contributed by atoms with Gasteiger partial charge in [-0.05, 0) is 82.6 Å². The van der Waals surface area contributed by atoms with Crippen LogP contribution in [0.2, 0.25) is 5.02 Å². The Bertz CT molecular complexity index is 1690. The van der Waals surface area contributed by atoms with Crippen LogP contribution in [-0.2, 0) is 15.2 Å². The highest BCUT2D eigenvalue weighted by Crippen LogP contribution is 2.65. The second-order valence-corrected chi connectivity index (χ2v) is 13.7. The molecule has 14 heteroatoms. The highest BCUT2D eigenvalue weighted by atomic mass is 35.5. The van der Waals surface area contributed by atoms with Crippen LogP contribution in [0.3, 0.4) is 0 Å². The lowest BCUT2D eigenvalue weighted by atomic mass is 9.95. The van der Waals surface area contributed by atoms with Crippen LogP contribution in [0.4, 0.5) is 39.4 Å². The van der Waals surface area contributed by atoms with E-state index in [-0.39, 0.29) is 21.8 Å². The molecule has 0 unspecified atom stereocenters. The molecule has 0 saturated heterocycles. The second kappa shape index (κ2) is 12.3. The zero-order valence-electron chi connectivity index (χ0n) is 24.6. The van der Waals surface area contributed by atoms with Crippen molar-refractivity contribution in [3.8, 4) is 0 Å². The van der Waals surface area contributed by atoms with E-state index in [0.717, 1.165) is 24.3 Å². The number of halogens is 7. The first-order chi connectivity index (χ1) is 20.7. The van der Waals surface area contributed by atoms with Gasteiger partial charge in [-0.15, -0.1) is 23.2 Å². The van der Waals surface area contributed by atoms with Crippen LogP contribution < -0.4 is 16.0 Å². The smallest absolute Gasteiger partial charge is 0.412 e. The molecule has 2 atom stereocenters. The molecule has 3 aromatic rings. The SMILES string of the molecule is CC(C)(C)OC(=O)Nc1ccc(F)c(NC(=O)c2cc(NC(=O)[C@H]3[C@H](c4ccc(F)c(C(C)(C)F)c4)C3(Cl)Cl)ccc2Cl)c1F. The normalized spacial score (nSPS) is 17.3. The van der Waals surface area contributed by atoms with Gasteiger partial charge in [0.1, 0.15) is 32.9 Å². The van der Waals surface area contributed by atoms with Crippen LogP contribution in [-0.4, -0.2) is 27.8 Å². The standard InChI is InChI=1S/C31H28Cl3F4N3O4/c1-29(2,3)45-28(44)40-21-11-10-20(36)25(24(21)37)41-26(42)16-13-15(7-8-18(16)32)39-27(43)23-22(31(23,33)34)14-6-9-19(35)17(12-14)30(4,5)38/h6-13,22-23H,1-5H3,(H,39,43)(H,40,44)(H,41,42)/t22-,23+/m0/s1. The minimum absolute atomic E-state index is 0.0651. The number of ether oxygens (including phenoxy) is 1. The van der Waals surface area contributed by atoms with Crippen molar-refractivity contribution in [2.45, 2.75) is 56.1 Å². The molecule has 240 valence electrons. The number of hydrogen-bond donors (Lipinski definition) is 3. The molecular weight excluding hydrogens is 661 g/mol. The predicted molar refractivity (Wildman–Crippen MR) is 165 cm³/mol. The fourth-order valence-corrected chi connectivity index (χ4v) is 5.65. The molecule has 0 heterocycles. The van der Waals surface area contributed by atoms with Crippen molar-refractivity contribution in [2.24, 2.45) is 5.92 Å². The van der Waals surface area contributed by atoms with E-state index in [1.807, 2.05) is 0 Å². The number of alkyl halides is 3. The molecule has 0 aromatic heterocycles. The molecule has 1 aliphatic carbocycles. The lowest BCUT2D eigenvalue weighted by molar-refractivity contribution is -0.117. The van der Waals surface area contributed by atoms with Crippen molar-refractivity contribution in [3.05, 3.63) is 87.7 Å². The fourth-order valence-electron chi connectivity index (χ4n) is 4.61. The van der Waals surface area contributed by atoms with Gasteiger partial charge >= 0.3 is 6.09 Å². The first-order valence-corrected chi connectivity index (χ1v) is 14.6. The van der Waals surface area contributed by atoms with Crippen LogP contribution in [0.25, 0.3) is 0 Å². The Kier molecular flexibility index (Phi) is 9.41. The van der Waals surface area contributed by atoms with E-state index in [9.17, 15) is 27.6 Å². The van der Waals surface area contributed by atoms with E-state index >= 15 is 4.39 Å². The van der Waals surface area contributed by atoms with E-state index in [4.69, 9.17) is 39.5 Å². The van der Waals surface area contributed by atoms with Crippen molar-refractivity contribution < 1.29 is 36.7 Å². The number of anilines is 3. The van der Waals surface area contributed by atoms with Gasteiger partial charge in [0.15, 0.2) is 5.82 Å². The molecule has 7 nitrogen and oxygen atoms in total. The van der Waals surface area contributed by atoms with E-state index in [1.165, 1.54) is 38.1 Å². The van der Waals surface area contributed by atoms with Crippen LogP contribution in [0.5, 0.6) is 0 Å². The third-order valence-corrected chi connectivity index (χ3v) is 8.04. The molecule has 0 spiro atoms. The topological polar surface area (TPSA) is 96.5 Å². The van der Waals surface area contributed by atoms with Gasteiger partial charge in [-0.1, -0.05) is 17.7 Å². The first-order valence-electron chi connectivity index (χ1n) is 13.5. The Morgan fingerprint density at radius 3 is 2.13 bits per heavy atom. The molecule has 0 aliphatic heterocycles. The van der Waals surface area contributed by atoms with Gasteiger partial charge in [0.05, 0.1) is 22.2 Å². The van der Waals surface area contributed by atoms with E-state index in [1.54, 1.807) is 20.8 Å². The monoisotopic (exact) mass is 687 g/mol. The molecule has 1 aliphatic rings. The number of rotatable bonds is 7. The highest BCUT2D eigenvalue weighted by Gasteiger charge is 2.67. The van der Waals surface area contributed by atoms with Gasteiger partial charge in [-0.2, -0.15) is 0 Å². The third kappa shape index (κ3) is 7.65. The molecule has 45 heavy (non-hydrogen) atoms. The first kappa shape index (κ1) is 34.3. The van der Waals surface area contributed by atoms with Crippen molar-refractivity contribution in [3.63, 3.8) is 0 Å². The maximum atomic E-state index is 15.1. The van der Waals surface area contributed by atoms with E-state index in [0.29, 0.717) is 5.56 Å². The lowest BCUT2D eigenvalue weighted by Crippen LogP contribution is -2.27. The summed E-state index contributed by atoms with van der Waals surface area (Å²) < 4.78 is 61.9. The summed E-state index contributed by atoms with van der Waals surface area (Å²) in [4.78, 5) is 38.3. The van der Waals surface area contributed by atoms with Crippen LogP contribution in [0.1, 0.15) is 62.0 Å². The number of carbonyl (C=O) groups is 3. The Morgan fingerprint density at radius 2 is 1.51 bits per heavy atom. The summed E-state index contributed by atoms with van der Waals surface area (Å²) in [5, 5.41) is 6.70. The zero-order chi connectivity index (χ0) is 33.6. The quantitative estimate of drug-likeness (QED) is 0.170. The van der Waals surface area contributed by atoms with Crippen molar-refractivity contribution in [1.29, 1.82) is 0 Å². The van der Waals surface area contributed by atoms with Crippen molar-refractivity contribution in [2.75, 3.05) is 16.0 Å². The summed E-state index contributed by atoms with van der Waals surface area (Å²) in [5.74, 6) is -6.72. The number of hydrogen-bond acceptors (Lipinski definition) is 4. The fraction of sp³-hybridized carbons (Fsp3) is 0.323.